The normalized spacial score (nSPS) is 11.6. The molecule has 138 valence electrons. The Hall–Kier alpha value is -0.724. The van der Waals surface area contributed by atoms with Crippen molar-refractivity contribution in [2.24, 2.45) is 0 Å². The summed E-state index contributed by atoms with van der Waals surface area (Å²) in [6.45, 7) is 0. The van der Waals surface area contributed by atoms with Crippen molar-refractivity contribution in [3.63, 3.8) is 0 Å². The summed E-state index contributed by atoms with van der Waals surface area (Å²) in [4.78, 5) is 46.8. The van der Waals surface area contributed by atoms with Crippen molar-refractivity contribution in [1.29, 1.82) is 0 Å². The first-order chi connectivity index (χ1) is 12.4. The summed E-state index contributed by atoms with van der Waals surface area (Å²) in [6.07, 6.45) is -4.81. The Morgan fingerprint density at radius 2 is 0.929 bits per heavy atom. The molecule has 0 saturated carbocycles. The van der Waals surface area contributed by atoms with E-state index in [1.165, 1.54) is 48.5 Å². The molecular weight excluding hydrogens is 406 g/mol. The Kier molecular flexibility index (Phi) is 13.1. The molecule has 0 aromatic heterocycles. The van der Waals surface area contributed by atoms with Crippen LogP contribution in [-0.4, -0.2) is 127 Å². The topological polar surface area (TPSA) is 127 Å². The van der Waals surface area contributed by atoms with Crippen LogP contribution in [0.1, 0.15) is 20.7 Å². The molecule has 8 nitrogen and oxygen atoms in total. The molecule has 2 unspecified atom stereocenters. The van der Waals surface area contributed by atoms with Gasteiger partial charge in [0.15, 0.2) is 12.2 Å². The van der Waals surface area contributed by atoms with Gasteiger partial charge in [-0.1, -0.05) is 36.4 Å². The Balaban J connectivity index is 0.00000364. The van der Waals surface area contributed by atoms with Crippen LogP contribution in [0.2, 0.25) is 0 Å². The third kappa shape index (κ3) is 7.95. The second-order valence-electron chi connectivity index (χ2n) is 5.04. The fourth-order valence-electron chi connectivity index (χ4n) is 1.83. The monoisotopic (exact) mass is 422 g/mol. The standard InChI is InChI=1S/C18H14O8.K.Na.2H/c19-13(17(23)25-15(21)11-7-3-1-4-8-11)14(20)18(24)26-16(22)12-9-5-2-6-10-12;;;;/h1-10,13-14,19-20H;;;;. The number of benzene rings is 2. The van der Waals surface area contributed by atoms with Crippen molar-refractivity contribution in [2.75, 3.05) is 0 Å². The van der Waals surface area contributed by atoms with Gasteiger partial charge in [-0.2, -0.15) is 0 Å². The number of aliphatic hydroxyl groups excluding tert-OH is 2. The SMILES string of the molecule is O=C(OC(=O)C(O)C(O)C(=O)OC(=O)c1ccccc1)c1ccccc1.[KH].[NaH]. The van der Waals surface area contributed by atoms with Gasteiger partial charge in [-0.15, -0.1) is 0 Å². The van der Waals surface area contributed by atoms with Crippen LogP contribution in [0.15, 0.2) is 60.7 Å². The summed E-state index contributed by atoms with van der Waals surface area (Å²) in [7, 11) is 0. The van der Waals surface area contributed by atoms with Gasteiger partial charge in [0, 0.05) is 0 Å². The number of hydrogen-bond donors (Lipinski definition) is 2. The van der Waals surface area contributed by atoms with Crippen LogP contribution >= 0.6 is 0 Å². The van der Waals surface area contributed by atoms with Crippen LogP contribution in [0.3, 0.4) is 0 Å². The third-order valence-electron chi connectivity index (χ3n) is 3.19. The predicted octanol–water partition coefficient (Wildman–Crippen LogP) is -0.822. The molecule has 0 fully saturated rings. The van der Waals surface area contributed by atoms with E-state index in [0.717, 1.165) is 0 Å². The van der Waals surface area contributed by atoms with Crippen molar-refractivity contribution in [3.8, 4) is 0 Å². The molecular formula is C18H16KNaO8. The minimum atomic E-state index is -2.40. The van der Waals surface area contributed by atoms with Gasteiger partial charge in [-0.3, -0.25) is 0 Å². The third-order valence-corrected chi connectivity index (χ3v) is 3.19. The Morgan fingerprint density at radius 3 is 1.21 bits per heavy atom. The molecule has 28 heavy (non-hydrogen) atoms. The second-order valence-corrected chi connectivity index (χ2v) is 5.04. The van der Waals surface area contributed by atoms with Gasteiger partial charge in [0.1, 0.15) is 0 Å². The van der Waals surface area contributed by atoms with Crippen LogP contribution in [0.4, 0.5) is 0 Å². The number of carbonyl (C=O) groups is 4. The maximum atomic E-state index is 11.7. The van der Waals surface area contributed by atoms with Crippen molar-refractivity contribution >= 4 is 105 Å². The average molecular weight is 422 g/mol. The maximum absolute atomic E-state index is 11.7. The van der Waals surface area contributed by atoms with E-state index in [9.17, 15) is 29.4 Å². The summed E-state index contributed by atoms with van der Waals surface area (Å²) in [5.41, 5.74) is 0.0637. The average Bonchev–Trinajstić information content (AvgIpc) is 2.67. The molecule has 0 amide bonds. The number of aliphatic hydroxyl groups is 2. The molecule has 2 aromatic carbocycles. The predicted molar refractivity (Wildman–Crippen MR) is 100 cm³/mol. The van der Waals surface area contributed by atoms with Crippen molar-refractivity contribution in [2.45, 2.75) is 12.2 Å². The molecule has 0 aliphatic carbocycles. The van der Waals surface area contributed by atoms with Gasteiger partial charge in [0.05, 0.1) is 11.1 Å². The van der Waals surface area contributed by atoms with Crippen LogP contribution in [0.25, 0.3) is 0 Å². The van der Waals surface area contributed by atoms with Gasteiger partial charge in [0.2, 0.25) is 0 Å². The summed E-state index contributed by atoms with van der Waals surface area (Å²) >= 11 is 0. The Morgan fingerprint density at radius 1 is 0.643 bits per heavy atom. The quantitative estimate of drug-likeness (QED) is 0.364. The van der Waals surface area contributed by atoms with E-state index in [-0.39, 0.29) is 92.1 Å². The molecule has 2 atom stereocenters. The van der Waals surface area contributed by atoms with Gasteiger partial charge in [-0.05, 0) is 24.3 Å². The zero-order valence-electron chi connectivity index (χ0n) is 13.3. The molecule has 0 radical (unpaired) electrons. The van der Waals surface area contributed by atoms with Crippen LogP contribution in [0, 0.1) is 0 Å². The minimum absolute atomic E-state index is 0. The van der Waals surface area contributed by atoms with Gasteiger partial charge >= 0.3 is 105 Å². The zero-order valence-corrected chi connectivity index (χ0v) is 13.3. The summed E-state index contributed by atoms with van der Waals surface area (Å²) < 4.78 is 8.76. The molecule has 0 spiro atoms. The zero-order chi connectivity index (χ0) is 19.1. The number of hydrogen-bond acceptors (Lipinski definition) is 8. The molecule has 2 aromatic rings. The number of esters is 4. The van der Waals surface area contributed by atoms with E-state index in [4.69, 9.17) is 0 Å². The van der Waals surface area contributed by atoms with Crippen LogP contribution in [-0.2, 0) is 19.1 Å². The number of rotatable bonds is 5. The molecule has 0 bridgehead atoms. The van der Waals surface area contributed by atoms with Crippen molar-refractivity contribution < 1.29 is 38.9 Å². The first-order valence-electron chi connectivity index (χ1n) is 7.38. The van der Waals surface area contributed by atoms with E-state index in [1.807, 2.05) is 0 Å². The second kappa shape index (κ2) is 13.5. The fourth-order valence-corrected chi connectivity index (χ4v) is 1.83. The summed E-state index contributed by atoms with van der Waals surface area (Å²) in [6, 6.07) is 14.8. The summed E-state index contributed by atoms with van der Waals surface area (Å²) in [5.74, 6) is -5.27. The van der Waals surface area contributed by atoms with E-state index in [0.29, 0.717) is 0 Å². The van der Waals surface area contributed by atoms with Crippen LogP contribution < -0.4 is 0 Å². The molecule has 10 heteroatoms. The molecule has 0 aliphatic rings. The number of ether oxygens (including phenoxy) is 2. The number of carbonyl (C=O) groups excluding carboxylic acids is 4. The first kappa shape index (κ1) is 27.3. The fraction of sp³-hybridized carbons (Fsp3) is 0.111. The van der Waals surface area contributed by atoms with E-state index >= 15 is 0 Å². The van der Waals surface area contributed by atoms with E-state index in [2.05, 4.69) is 9.47 Å². The van der Waals surface area contributed by atoms with Crippen molar-refractivity contribution in [1.82, 2.24) is 0 Å². The Bertz CT molecular complexity index is 743. The first-order valence-corrected chi connectivity index (χ1v) is 7.38. The summed E-state index contributed by atoms with van der Waals surface area (Å²) in [5, 5.41) is 19.3. The van der Waals surface area contributed by atoms with E-state index in [1.54, 1.807) is 12.1 Å². The molecule has 0 aliphatic heterocycles. The molecule has 2 rings (SSSR count). The van der Waals surface area contributed by atoms with Gasteiger partial charge in [-0.25, -0.2) is 19.2 Å². The Labute approximate surface area is 224 Å². The van der Waals surface area contributed by atoms with Crippen molar-refractivity contribution in [3.05, 3.63) is 71.8 Å². The van der Waals surface area contributed by atoms with E-state index < -0.39 is 36.1 Å². The van der Waals surface area contributed by atoms with Gasteiger partial charge < -0.3 is 19.7 Å². The molecule has 2 N–H and O–H groups in total. The molecule has 0 saturated heterocycles. The van der Waals surface area contributed by atoms with Crippen LogP contribution in [0.5, 0.6) is 0 Å². The molecule has 0 heterocycles. The van der Waals surface area contributed by atoms with Gasteiger partial charge in [0.25, 0.3) is 0 Å².